The molecule has 0 saturated heterocycles. The van der Waals surface area contributed by atoms with E-state index in [1.165, 1.54) is 23.9 Å². The van der Waals surface area contributed by atoms with Gasteiger partial charge in [0.05, 0.1) is 10.6 Å². The number of H-pyrrole nitrogens is 1. The van der Waals surface area contributed by atoms with Gasteiger partial charge in [-0.05, 0) is 29.5 Å². The lowest BCUT2D eigenvalue weighted by molar-refractivity contribution is -0.384. The number of nitriles is 1. The first-order chi connectivity index (χ1) is 12.5. The van der Waals surface area contributed by atoms with Crippen LogP contribution in [-0.2, 0) is 0 Å². The molecule has 2 aromatic carbocycles. The number of rotatable bonds is 4. The average Bonchev–Trinajstić information content (AvgIpc) is 2.67. The second-order valence-corrected chi connectivity index (χ2v) is 6.06. The van der Waals surface area contributed by atoms with E-state index in [1.807, 2.05) is 18.2 Å². The van der Waals surface area contributed by atoms with E-state index in [9.17, 15) is 20.2 Å². The molecule has 0 unspecified atom stereocenters. The Balaban J connectivity index is 2.23. The summed E-state index contributed by atoms with van der Waals surface area (Å²) in [5.41, 5.74) is 1.76. The molecule has 7 nitrogen and oxygen atoms in total. The van der Waals surface area contributed by atoms with Gasteiger partial charge in [-0.15, -0.1) is 0 Å². The van der Waals surface area contributed by atoms with E-state index >= 15 is 0 Å². The van der Waals surface area contributed by atoms with Gasteiger partial charge in [-0.2, -0.15) is 5.26 Å². The third-order valence-corrected chi connectivity index (χ3v) is 4.35. The van der Waals surface area contributed by atoms with Crippen molar-refractivity contribution in [2.75, 3.05) is 6.26 Å². The Morgan fingerprint density at radius 3 is 2.38 bits per heavy atom. The standard InChI is InChI=1S/C18H12N4O3S/c1-26-18-20-16(15(10-19)17(23)21-18)14-5-3-2-4-13(14)11-6-8-12(9-7-11)22(24)25/h2-9H,1H3,(H,20,21,23). The SMILES string of the molecule is CSc1nc(-c2ccccc2-c2ccc([N+](=O)[O-])cc2)c(C#N)c(=O)[nH]1. The monoisotopic (exact) mass is 364 g/mol. The lowest BCUT2D eigenvalue weighted by Gasteiger charge is -2.11. The average molecular weight is 364 g/mol. The molecule has 0 amide bonds. The molecule has 1 aromatic heterocycles. The van der Waals surface area contributed by atoms with Gasteiger partial charge in [0.1, 0.15) is 11.6 Å². The van der Waals surface area contributed by atoms with Crippen LogP contribution in [0.4, 0.5) is 5.69 Å². The van der Waals surface area contributed by atoms with Crippen molar-refractivity contribution >= 4 is 17.4 Å². The summed E-state index contributed by atoms with van der Waals surface area (Å²) in [5.74, 6) is 0. The Bertz CT molecular complexity index is 1080. The van der Waals surface area contributed by atoms with Crippen molar-refractivity contribution < 1.29 is 4.92 Å². The largest absolute Gasteiger partial charge is 0.300 e. The zero-order chi connectivity index (χ0) is 18.7. The van der Waals surface area contributed by atoms with E-state index in [1.54, 1.807) is 30.5 Å². The van der Waals surface area contributed by atoms with Crippen LogP contribution < -0.4 is 5.56 Å². The van der Waals surface area contributed by atoms with E-state index < -0.39 is 10.5 Å². The lowest BCUT2D eigenvalue weighted by Crippen LogP contribution is -2.14. The van der Waals surface area contributed by atoms with Crippen LogP contribution >= 0.6 is 11.8 Å². The van der Waals surface area contributed by atoms with Crippen LogP contribution in [0.1, 0.15) is 5.56 Å². The zero-order valence-corrected chi connectivity index (χ0v) is 14.4. The molecule has 8 heteroatoms. The predicted octanol–water partition coefficient (Wildman–Crippen LogP) is 3.61. The number of hydrogen-bond acceptors (Lipinski definition) is 6. The van der Waals surface area contributed by atoms with Crippen LogP contribution in [0, 0.1) is 21.4 Å². The topological polar surface area (TPSA) is 113 Å². The van der Waals surface area contributed by atoms with Crippen LogP contribution in [0.15, 0.2) is 58.5 Å². The number of benzene rings is 2. The Morgan fingerprint density at radius 2 is 1.81 bits per heavy atom. The van der Waals surface area contributed by atoms with Crippen molar-refractivity contribution in [2.45, 2.75) is 5.16 Å². The first-order valence-corrected chi connectivity index (χ1v) is 8.70. The van der Waals surface area contributed by atoms with Crippen molar-refractivity contribution in [3.8, 4) is 28.5 Å². The summed E-state index contributed by atoms with van der Waals surface area (Å²) in [6.45, 7) is 0. The summed E-state index contributed by atoms with van der Waals surface area (Å²) in [7, 11) is 0. The molecule has 1 N–H and O–H groups in total. The van der Waals surface area contributed by atoms with E-state index in [0.29, 0.717) is 10.7 Å². The number of aromatic nitrogens is 2. The van der Waals surface area contributed by atoms with Crippen LogP contribution in [0.25, 0.3) is 22.4 Å². The first kappa shape index (κ1) is 17.4. The van der Waals surface area contributed by atoms with Crippen LogP contribution in [0.5, 0.6) is 0 Å². The molecule has 0 fully saturated rings. The molecule has 0 bridgehead atoms. The number of thioether (sulfide) groups is 1. The van der Waals surface area contributed by atoms with Crippen molar-refractivity contribution in [3.05, 3.63) is 74.6 Å². The minimum atomic E-state index is -0.500. The van der Waals surface area contributed by atoms with Crippen LogP contribution in [0.2, 0.25) is 0 Å². The van der Waals surface area contributed by atoms with Gasteiger partial charge in [0, 0.05) is 17.7 Å². The minimum Gasteiger partial charge on any atom is -0.300 e. The highest BCUT2D eigenvalue weighted by molar-refractivity contribution is 7.98. The highest BCUT2D eigenvalue weighted by atomic mass is 32.2. The summed E-state index contributed by atoms with van der Waals surface area (Å²) in [4.78, 5) is 29.5. The second-order valence-electron chi connectivity index (χ2n) is 5.26. The molecule has 1 heterocycles. The van der Waals surface area contributed by atoms with E-state index in [2.05, 4.69) is 9.97 Å². The summed E-state index contributed by atoms with van der Waals surface area (Å²) in [5, 5.41) is 20.6. The van der Waals surface area contributed by atoms with Gasteiger partial charge in [-0.3, -0.25) is 14.9 Å². The number of nitrogens with one attached hydrogen (secondary N) is 1. The van der Waals surface area contributed by atoms with Crippen molar-refractivity contribution in [1.29, 1.82) is 5.26 Å². The third-order valence-electron chi connectivity index (χ3n) is 3.77. The summed E-state index contributed by atoms with van der Waals surface area (Å²) in [6.07, 6.45) is 1.77. The van der Waals surface area contributed by atoms with Gasteiger partial charge in [-0.25, -0.2) is 4.98 Å². The lowest BCUT2D eigenvalue weighted by atomic mass is 9.95. The number of nitro groups is 1. The Morgan fingerprint density at radius 1 is 1.15 bits per heavy atom. The van der Waals surface area contributed by atoms with E-state index in [-0.39, 0.29) is 16.9 Å². The zero-order valence-electron chi connectivity index (χ0n) is 13.6. The number of non-ortho nitro benzene ring substituents is 1. The molecule has 0 saturated carbocycles. The molecule has 0 spiro atoms. The summed E-state index contributed by atoms with van der Waals surface area (Å²) >= 11 is 1.27. The maximum Gasteiger partial charge on any atom is 0.270 e. The predicted molar refractivity (Wildman–Crippen MR) is 98.9 cm³/mol. The maximum absolute atomic E-state index is 12.2. The van der Waals surface area contributed by atoms with E-state index in [4.69, 9.17) is 0 Å². The highest BCUT2D eigenvalue weighted by Crippen LogP contribution is 2.33. The molecule has 0 aliphatic heterocycles. The smallest absolute Gasteiger partial charge is 0.270 e. The van der Waals surface area contributed by atoms with Crippen LogP contribution in [0.3, 0.4) is 0 Å². The van der Waals surface area contributed by atoms with Gasteiger partial charge in [-0.1, -0.05) is 36.0 Å². The summed E-state index contributed by atoms with van der Waals surface area (Å²) < 4.78 is 0. The van der Waals surface area contributed by atoms with Gasteiger partial charge in [0.25, 0.3) is 11.2 Å². The maximum atomic E-state index is 12.2. The minimum absolute atomic E-state index is 0.0112. The molecule has 0 radical (unpaired) electrons. The fraction of sp³-hybridized carbons (Fsp3) is 0.0556. The first-order valence-electron chi connectivity index (χ1n) is 7.47. The molecule has 3 rings (SSSR count). The molecule has 3 aromatic rings. The Labute approximate surface area is 152 Å². The normalized spacial score (nSPS) is 10.3. The molecular weight excluding hydrogens is 352 g/mol. The third kappa shape index (κ3) is 3.20. The van der Waals surface area contributed by atoms with Crippen molar-refractivity contribution in [3.63, 3.8) is 0 Å². The second kappa shape index (κ2) is 7.21. The quantitative estimate of drug-likeness (QED) is 0.327. The molecule has 26 heavy (non-hydrogen) atoms. The Hall–Kier alpha value is -3.44. The molecule has 0 aliphatic rings. The highest BCUT2D eigenvalue weighted by Gasteiger charge is 2.17. The fourth-order valence-corrected chi connectivity index (χ4v) is 2.93. The van der Waals surface area contributed by atoms with Gasteiger partial charge in [0.2, 0.25) is 0 Å². The molecule has 128 valence electrons. The Kier molecular flexibility index (Phi) is 4.82. The fourth-order valence-electron chi connectivity index (χ4n) is 2.55. The van der Waals surface area contributed by atoms with Crippen molar-refractivity contribution in [1.82, 2.24) is 9.97 Å². The van der Waals surface area contributed by atoms with Gasteiger partial charge in [0.15, 0.2) is 5.16 Å². The number of aromatic amines is 1. The molecule has 0 atom stereocenters. The molecule has 0 aliphatic carbocycles. The number of hydrogen-bond donors (Lipinski definition) is 1. The number of nitrogens with zero attached hydrogens (tertiary/aromatic N) is 3. The van der Waals surface area contributed by atoms with Crippen molar-refractivity contribution in [2.24, 2.45) is 0 Å². The van der Waals surface area contributed by atoms with E-state index in [0.717, 1.165) is 11.1 Å². The molecular formula is C18H12N4O3S. The van der Waals surface area contributed by atoms with Gasteiger partial charge >= 0.3 is 0 Å². The number of nitro benzene ring substituents is 1. The van der Waals surface area contributed by atoms with Crippen LogP contribution in [-0.4, -0.2) is 21.1 Å². The van der Waals surface area contributed by atoms with Gasteiger partial charge < -0.3 is 4.98 Å². The summed E-state index contributed by atoms with van der Waals surface area (Å²) in [6, 6.07) is 15.2.